The second kappa shape index (κ2) is 12.3. The average Bonchev–Trinajstić information content (AvgIpc) is 3.22. The Bertz CT molecular complexity index is 1100. The zero-order valence-electron chi connectivity index (χ0n) is 25.0. The molecule has 3 saturated carbocycles. The molecule has 2 bridgehead atoms. The molecule has 39 heavy (non-hydrogen) atoms. The number of fused-ring (bicyclic) bond motifs is 3. The first kappa shape index (κ1) is 29.2. The van der Waals surface area contributed by atoms with Crippen LogP contribution in [0.25, 0.3) is 10.1 Å². The van der Waals surface area contributed by atoms with E-state index in [1.807, 2.05) is 32.1 Å². The van der Waals surface area contributed by atoms with Gasteiger partial charge in [0.1, 0.15) is 5.60 Å². The van der Waals surface area contributed by atoms with Gasteiger partial charge in [-0.2, -0.15) is 0 Å². The quantitative estimate of drug-likeness (QED) is 0.267. The number of hydrogen-bond donors (Lipinski definition) is 0. The number of carbonyl (C=O) groups is 1. The van der Waals surface area contributed by atoms with E-state index in [0.717, 1.165) is 58.8 Å². The van der Waals surface area contributed by atoms with E-state index in [1.165, 1.54) is 79.8 Å². The number of benzene rings is 1. The van der Waals surface area contributed by atoms with Crippen LogP contribution in [-0.2, 0) is 14.3 Å². The van der Waals surface area contributed by atoms with Gasteiger partial charge in [0.15, 0.2) is 7.28 Å². The molecule has 0 N–H and O–H groups in total. The van der Waals surface area contributed by atoms with E-state index in [4.69, 9.17) is 9.47 Å². The van der Waals surface area contributed by atoms with Crippen molar-refractivity contribution in [3.63, 3.8) is 0 Å². The number of ether oxygens (including phenoxy) is 2. The molecule has 1 heterocycles. The molecule has 3 fully saturated rings. The van der Waals surface area contributed by atoms with Crippen molar-refractivity contribution in [2.45, 2.75) is 141 Å². The van der Waals surface area contributed by atoms with Crippen LogP contribution in [0.2, 0.25) is 0 Å². The van der Waals surface area contributed by atoms with Gasteiger partial charge >= 0.3 is 5.97 Å². The topological polar surface area (TPSA) is 35.5 Å². The molecule has 0 aliphatic heterocycles. The van der Waals surface area contributed by atoms with Gasteiger partial charge in [-0.15, -0.1) is 11.3 Å². The fourth-order valence-corrected chi connectivity index (χ4v) is 8.78. The van der Waals surface area contributed by atoms with Gasteiger partial charge < -0.3 is 9.47 Å². The summed E-state index contributed by atoms with van der Waals surface area (Å²) in [5.74, 6) is 0.0629. The molecule has 3 nitrogen and oxygen atoms in total. The lowest BCUT2D eigenvalue weighted by atomic mass is 9.51. The number of thiophene rings is 1. The first-order valence-corrected chi connectivity index (χ1v) is 16.9. The van der Waals surface area contributed by atoms with Crippen LogP contribution in [0.4, 0.5) is 0 Å². The van der Waals surface area contributed by atoms with Crippen molar-refractivity contribution >= 4 is 40.1 Å². The Labute approximate surface area is 242 Å². The summed E-state index contributed by atoms with van der Waals surface area (Å²) in [7, 11) is 1.01. The predicted octanol–water partition coefficient (Wildman–Crippen LogP) is 8.66. The zero-order chi connectivity index (χ0) is 27.4. The SMILES string of the molecule is CC(C)(C)OC(=O)C12CCCCCC(COC3(Bc4ccc5sccc5c4)CCCCCCC3)(CCCC1)C2. The van der Waals surface area contributed by atoms with Gasteiger partial charge in [-0.05, 0) is 94.0 Å². The molecular weight excluding hydrogens is 499 g/mol. The van der Waals surface area contributed by atoms with Crippen LogP contribution in [0.3, 0.4) is 0 Å². The lowest BCUT2D eigenvalue weighted by Gasteiger charge is -2.45. The van der Waals surface area contributed by atoms with Gasteiger partial charge in [0.25, 0.3) is 0 Å². The van der Waals surface area contributed by atoms with Crippen molar-refractivity contribution in [1.29, 1.82) is 0 Å². The largest absolute Gasteiger partial charge is 0.460 e. The summed E-state index contributed by atoms with van der Waals surface area (Å²) in [5.41, 5.74) is 0.626. The normalized spacial score (nSPS) is 28.4. The monoisotopic (exact) mass is 550 g/mol. The first-order valence-electron chi connectivity index (χ1n) is 16.0. The number of hydrogen-bond acceptors (Lipinski definition) is 4. The van der Waals surface area contributed by atoms with Crippen LogP contribution in [-0.4, -0.2) is 31.0 Å². The molecule has 214 valence electrons. The summed E-state index contributed by atoms with van der Waals surface area (Å²) in [5, 5.41) is 3.57. The van der Waals surface area contributed by atoms with Gasteiger partial charge in [0.2, 0.25) is 0 Å². The highest BCUT2D eigenvalue weighted by molar-refractivity contribution is 7.17. The van der Waals surface area contributed by atoms with Crippen molar-refractivity contribution in [3.8, 4) is 0 Å². The van der Waals surface area contributed by atoms with Crippen molar-refractivity contribution in [3.05, 3.63) is 29.6 Å². The fourth-order valence-electron chi connectivity index (χ4n) is 8.01. The first-order chi connectivity index (χ1) is 18.7. The van der Waals surface area contributed by atoms with Crippen molar-refractivity contribution in [1.82, 2.24) is 0 Å². The van der Waals surface area contributed by atoms with Crippen LogP contribution in [0.15, 0.2) is 29.6 Å². The molecule has 5 rings (SSSR count). The highest BCUT2D eigenvalue weighted by Crippen LogP contribution is 2.53. The molecule has 1 aromatic heterocycles. The summed E-state index contributed by atoms with van der Waals surface area (Å²) in [6.45, 7) is 6.86. The van der Waals surface area contributed by atoms with Gasteiger partial charge in [-0.25, -0.2) is 0 Å². The molecule has 3 aliphatic carbocycles. The lowest BCUT2D eigenvalue weighted by molar-refractivity contribution is -0.173. The third-order valence-corrected chi connectivity index (χ3v) is 10.9. The lowest BCUT2D eigenvalue weighted by Crippen LogP contribution is -2.49. The van der Waals surface area contributed by atoms with Crippen LogP contribution >= 0.6 is 11.3 Å². The Hall–Kier alpha value is -1.33. The highest BCUT2D eigenvalue weighted by Gasteiger charge is 2.50. The van der Waals surface area contributed by atoms with Crippen LogP contribution in [0, 0.1) is 10.8 Å². The molecule has 2 aromatic rings. The van der Waals surface area contributed by atoms with E-state index in [0.29, 0.717) is 0 Å². The summed E-state index contributed by atoms with van der Waals surface area (Å²) in [4.78, 5) is 13.8. The Kier molecular flexibility index (Phi) is 9.18. The summed E-state index contributed by atoms with van der Waals surface area (Å²) < 4.78 is 14.8. The minimum absolute atomic E-state index is 0.0629. The maximum atomic E-state index is 13.8. The molecule has 2 atom stereocenters. The predicted molar refractivity (Wildman–Crippen MR) is 166 cm³/mol. The van der Waals surface area contributed by atoms with Crippen LogP contribution in [0.1, 0.15) is 130 Å². The van der Waals surface area contributed by atoms with Crippen molar-refractivity contribution in [2.24, 2.45) is 10.8 Å². The van der Waals surface area contributed by atoms with Crippen LogP contribution in [0.5, 0.6) is 0 Å². The van der Waals surface area contributed by atoms with Crippen LogP contribution < -0.4 is 5.46 Å². The third-order valence-electron chi connectivity index (χ3n) is 10.0. The third kappa shape index (κ3) is 7.31. The molecule has 2 unspecified atom stereocenters. The van der Waals surface area contributed by atoms with E-state index in [9.17, 15) is 4.79 Å². The molecule has 0 amide bonds. The van der Waals surface area contributed by atoms with Crippen molar-refractivity contribution < 1.29 is 14.3 Å². The molecule has 0 spiro atoms. The van der Waals surface area contributed by atoms with Gasteiger partial charge in [-0.1, -0.05) is 81.8 Å². The molecule has 0 radical (unpaired) electrons. The number of carbonyl (C=O) groups excluding carboxylic acids is 1. The summed E-state index contributed by atoms with van der Waals surface area (Å²) in [6, 6.07) is 9.31. The molecular formula is C34H51BO3S. The zero-order valence-corrected chi connectivity index (χ0v) is 25.8. The molecule has 5 heteroatoms. The van der Waals surface area contributed by atoms with Gasteiger partial charge in [0.05, 0.1) is 12.0 Å². The summed E-state index contributed by atoms with van der Waals surface area (Å²) >= 11 is 1.83. The van der Waals surface area contributed by atoms with Gasteiger partial charge in [0, 0.05) is 10.2 Å². The second-order valence-electron chi connectivity index (χ2n) is 14.4. The second-order valence-corrected chi connectivity index (χ2v) is 15.4. The minimum Gasteiger partial charge on any atom is -0.460 e. The maximum absolute atomic E-state index is 13.8. The summed E-state index contributed by atoms with van der Waals surface area (Å²) in [6.07, 6.45) is 20.1. The minimum atomic E-state index is -0.438. The molecule has 1 aromatic carbocycles. The Morgan fingerprint density at radius 2 is 1.46 bits per heavy atom. The van der Waals surface area contributed by atoms with E-state index in [1.54, 1.807) is 0 Å². The standard InChI is InChI=1S/C34H51BO3S/c1-31(2,3)38-30(36)33-19-9-7-8-17-32(25-33,18-12-13-20-33)26-37-34(21-10-5-4-6-11-22-34)35-28-14-15-29-27(24-28)16-23-39-29/h14-16,23-24,35H,4-13,17-22,25-26H2,1-3H3. The van der Waals surface area contributed by atoms with E-state index < -0.39 is 5.60 Å². The average molecular weight is 551 g/mol. The Morgan fingerprint density at radius 1 is 0.846 bits per heavy atom. The highest BCUT2D eigenvalue weighted by atomic mass is 32.1. The van der Waals surface area contributed by atoms with Crippen molar-refractivity contribution in [2.75, 3.05) is 6.61 Å². The molecule has 0 saturated heterocycles. The fraction of sp³-hybridized carbons (Fsp3) is 0.735. The number of esters is 1. The Morgan fingerprint density at radius 3 is 2.21 bits per heavy atom. The Balaban J connectivity index is 1.41. The van der Waals surface area contributed by atoms with E-state index >= 15 is 0 Å². The smallest absolute Gasteiger partial charge is 0.312 e. The van der Waals surface area contributed by atoms with E-state index in [-0.39, 0.29) is 22.3 Å². The molecule has 3 aliphatic rings. The van der Waals surface area contributed by atoms with E-state index in [2.05, 4.69) is 29.6 Å². The maximum Gasteiger partial charge on any atom is 0.312 e. The van der Waals surface area contributed by atoms with Gasteiger partial charge in [-0.3, -0.25) is 4.79 Å². The number of rotatable bonds is 6.